The van der Waals surface area contributed by atoms with Gasteiger partial charge in [-0.2, -0.15) is 5.48 Å². The quantitative estimate of drug-likeness (QED) is 0.139. The predicted octanol–water partition coefficient (Wildman–Crippen LogP) is 2.84. The number of alkyl carbamates (subject to hydrolysis) is 1. The number of carbonyl (C=O) groups is 4. The zero-order valence-electron chi connectivity index (χ0n) is 26.7. The SMILES string of the molecule is C.CC.CONC(C)C(=O)N[C@@H](CC(O)CNC(=O)OC(C)(C)C)C(=O)NC(Cc1cc(-c2ccc(O)cc2)ccc1O)C(=O)O. The molecule has 2 aromatic rings. The molecule has 0 aliphatic heterocycles. The topological polar surface area (TPSA) is 216 Å². The number of nitrogens with one attached hydrogen (secondary N) is 4. The van der Waals surface area contributed by atoms with Crippen molar-refractivity contribution in [2.45, 2.75) is 91.6 Å². The van der Waals surface area contributed by atoms with Gasteiger partial charge >= 0.3 is 12.1 Å². The summed E-state index contributed by atoms with van der Waals surface area (Å²) in [5.41, 5.74) is 3.18. The van der Waals surface area contributed by atoms with Gasteiger partial charge in [0.2, 0.25) is 11.8 Å². The number of phenols is 2. The van der Waals surface area contributed by atoms with Gasteiger partial charge in [0.05, 0.1) is 13.2 Å². The number of aliphatic carboxylic acids is 1. The van der Waals surface area contributed by atoms with Crippen molar-refractivity contribution < 1.29 is 49.2 Å². The van der Waals surface area contributed by atoms with Crippen LogP contribution in [-0.2, 0) is 30.4 Å². The van der Waals surface area contributed by atoms with E-state index in [9.17, 15) is 39.6 Å². The Balaban J connectivity index is 0.00000661. The molecule has 46 heavy (non-hydrogen) atoms. The molecule has 14 heteroatoms. The van der Waals surface area contributed by atoms with Gasteiger partial charge in [0.1, 0.15) is 35.2 Å². The smallest absolute Gasteiger partial charge is 0.407 e. The van der Waals surface area contributed by atoms with Gasteiger partial charge in [-0.25, -0.2) is 9.59 Å². The molecule has 0 aliphatic carbocycles. The number of ether oxygens (including phenoxy) is 1. The van der Waals surface area contributed by atoms with Gasteiger partial charge in [0.25, 0.3) is 0 Å². The average molecular weight is 651 g/mol. The average Bonchev–Trinajstić information content (AvgIpc) is 2.97. The number of carboxylic acids is 1. The largest absolute Gasteiger partial charge is 0.508 e. The number of hydroxylamine groups is 1. The molecule has 3 unspecified atom stereocenters. The Morgan fingerprint density at radius 2 is 1.46 bits per heavy atom. The fourth-order valence-electron chi connectivity index (χ4n) is 3.90. The van der Waals surface area contributed by atoms with E-state index in [1.807, 2.05) is 13.8 Å². The number of aliphatic hydroxyl groups excluding tert-OH is 1. The van der Waals surface area contributed by atoms with Gasteiger partial charge in [-0.3, -0.25) is 9.59 Å². The number of rotatable bonds is 14. The molecule has 0 aromatic heterocycles. The second-order valence-corrected chi connectivity index (χ2v) is 10.9. The lowest BCUT2D eigenvalue weighted by molar-refractivity contribution is -0.142. The van der Waals surface area contributed by atoms with Crippen LogP contribution in [0.1, 0.15) is 61.0 Å². The number of phenolic OH excluding ortho intramolecular Hbond substituents is 2. The van der Waals surface area contributed by atoms with E-state index >= 15 is 0 Å². The second kappa shape index (κ2) is 19.9. The van der Waals surface area contributed by atoms with Crippen molar-refractivity contribution in [2.24, 2.45) is 0 Å². The first-order valence-electron chi connectivity index (χ1n) is 14.5. The fraction of sp³-hybridized carbons (Fsp3) is 0.500. The summed E-state index contributed by atoms with van der Waals surface area (Å²) in [5.74, 6) is -3.14. The number of amides is 3. The van der Waals surface area contributed by atoms with Crippen LogP contribution in [0.3, 0.4) is 0 Å². The number of carbonyl (C=O) groups excluding carboxylic acids is 3. The maximum absolute atomic E-state index is 13.3. The number of hydrogen-bond donors (Lipinski definition) is 8. The third-order valence-corrected chi connectivity index (χ3v) is 6.03. The first kappa shape index (κ1) is 41.6. The van der Waals surface area contributed by atoms with E-state index in [0.717, 1.165) is 0 Å². The molecule has 0 aliphatic rings. The van der Waals surface area contributed by atoms with E-state index in [4.69, 9.17) is 9.57 Å². The van der Waals surface area contributed by atoms with Crippen molar-refractivity contribution in [1.82, 2.24) is 21.4 Å². The monoisotopic (exact) mass is 650 g/mol. The van der Waals surface area contributed by atoms with E-state index in [1.54, 1.807) is 45.0 Å². The Labute approximate surface area is 270 Å². The maximum atomic E-state index is 13.3. The summed E-state index contributed by atoms with van der Waals surface area (Å²) in [4.78, 5) is 54.8. The fourth-order valence-corrected chi connectivity index (χ4v) is 3.90. The van der Waals surface area contributed by atoms with Crippen LogP contribution in [0.4, 0.5) is 4.79 Å². The van der Waals surface area contributed by atoms with Gasteiger partial charge in [-0.05, 0) is 68.7 Å². The molecule has 0 saturated carbocycles. The minimum absolute atomic E-state index is 0. The van der Waals surface area contributed by atoms with Crippen molar-refractivity contribution in [3.05, 3.63) is 48.0 Å². The number of aliphatic hydroxyl groups is 1. The Kier molecular flexibility index (Phi) is 18.0. The molecule has 3 amide bonds. The van der Waals surface area contributed by atoms with Crippen molar-refractivity contribution in [3.63, 3.8) is 0 Å². The molecule has 258 valence electrons. The molecule has 8 N–H and O–H groups in total. The number of aromatic hydroxyl groups is 2. The van der Waals surface area contributed by atoms with Crippen LogP contribution >= 0.6 is 0 Å². The third-order valence-electron chi connectivity index (χ3n) is 6.03. The Bertz CT molecular complexity index is 1260. The first-order chi connectivity index (χ1) is 21.1. The zero-order chi connectivity index (χ0) is 34.3. The van der Waals surface area contributed by atoms with Crippen LogP contribution in [0.2, 0.25) is 0 Å². The molecular weight excluding hydrogens is 600 g/mol. The van der Waals surface area contributed by atoms with Gasteiger partial charge in [-0.15, -0.1) is 0 Å². The summed E-state index contributed by atoms with van der Waals surface area (Å²) in [6.07, 6.45) is -2.83. The molecule has 0 saturated heterocycles. The zero-order valence-corrected chi connectivity index (χ0v) is 26.7. The molecule has 14 nitrogen and oxygen atoms in total. The van der Waals surface area contributed by atoms with Crippen LogP contribution in [0, 0.1) is 0 Å². The van der Waals surface area contributed by atoms with Crippen LogP contribution < -0.4 is 21.4 Å². The molecule has 0 fully saturated rings. The first-order valence-corrected chi connectivity index (χ1v) is 14.5. The Morgan fingerprint density at radius 1 is 0.891 bits per heavy atom. The predicted molar refractivity (Wildman–Crippen MR) is 173 cm³/mol. The van der Waals surface area contributed by atoms with E-state index in [0.29, 0.717) is 11.1 Å². The number of carboxylic acid groups (broad SMARTS) is 1. The van der Waals surface area contributed by atoms with Gasteiger partial charge < -0.3 is 46.0 Å². The molecule has 4 atom stereocenters. The minimum Gasteiger partial charge on any atom is -0.508 e. The van der Waals surface area contributed by atoms with Gasteiger partial charge in [-0.1, -0.05) is 39.5 Å². The lowest BCUT2D eigenvalue weighted by Crippen LogP contribution is -2.56. The molecule has 0 bridgehead atoms. The molecule has 0 heterocycles. The second-order valence-electron chi connectivity index (χ2n) is 10.9. The van der Waals surface area contributed by atoms with E-state index < -0.39 is 53.7 Å². The third kappa shape index (κ3) is 14.6. The molecule has 0 spiro atoms. The van der Waals surface area contributed by atoms with Crippen molar-refractivity contribution >= 4 is 23.9 Å². The van der Waals surface area contributed by atoms with E-state index in [1.165, 1.54) is 32.2 Å². The summed E-state index contributed by atoms with van der Waals surface area (Å²) in [5, 5.41) is 47.6. The lowest BCUT2D eigenvalue weighted by Gasteiger charge is -2.25. The van der Waals surface area contributed by atoms with Crippen molar-refractivity contribution in [3.8, 4) is 22.6 Å². The summed E-state index contributed by atoms with van der Waals surface area (Å²) in [6, 6.07) is 6.98. The summed E-state index contributed by atoms with van der Waals surface area (Å²) in [6.45, 7) is 10.1. The van der Waals surface area contributed by atoms with Crippen LogP contribution in [-0.4, -0.2) is 87.8 Å². The van der Waals surface area contributed by atoms with Crippen LogP contribution in [0.5, 0.6) is 11.5 Å². The molecular formula is C32H50N4O10. The van der Waals surface area contributed by atoms with Crippen LogP contribution in [0.15, 0.2) is 42.5 Å². The highest BCUT2D eigenvalue weighted by Gasteiger charge is 2.30. The lowest BCUT2D eigenvalue weighted by atomic mass is 9.98. The Morgan fingerprint density at radius 3 is 2.00 bits per heavy atom. The van der Waals surface area contributed by atoms with Crippen molar-refractivity contribution in [1.29, 1.82) is 0 Å². The number of benzene rings is 2. The standard InChI is InChI=1S/C29H40N4O10.C2H6.CH4/c1-16(33-42-5)25(37)31-22(14-21(35)15-30-28(41)43-29(2,3)4)26(38)32-23(27(39)40)13-19-12-18(8-11-24(19)36)17-6-9-20(34)10-7-17;1-2;/h6-12,16,21-23,33-36H,13-15H2,1-5H3,(H,30,41)(H,31,37)(H,32,38)(H,39,40);1-2H3;1H4/t16?,21?,22-,23?;;/m0../s1. The Hall–Kier alpha value is -4.40. The number of hydrogen-bond acceptors (Lipinski definition) is 10. The minimum atomic E-state index is -1.53. The van der Waals surface area contributed by atoms with Gasteiger partial charge in [0, 0.05) is 19.4 Å². The summed E-state index contributed by atoms with van der Waals surface area (Å²) >= 11 is 0. The highest BCUT2D eigenvalue weighted by atomic mass is 16.6. The molecule has 2 rings (SSSR count). The highest BCUT2D eigenvalue weighted by Crippen LogP contribution is 2.28. The van der Waals surface area contributed by atoms with E-state index in [2.05, 4.69) is 21.4 Å². The maximum Gasteiger partial charge on any atom is 0.407 e. The van der Waals surface area contributed by atoms with E-state index in [-0.39, 0.29) is 43.9 Å². The van der Waals surface area contributed by atoms with Crippen molar-refractivity contribution in [2.75, 3.05) is 13.7 Å². The summed E-state index contributed by atoms with van der Waals surface area (Å²) < 4.78 is 5.12. The highest BCUT2D eigenvalue weighted by molar-refractivity contribution is 5.91. The normalized spacial score (nSPS) is 13.3. The molecule has 2 aromatic carbocycles. The summed E-state index contributed by atoms with van der Waals surface area (Å²) in [7, 11) is 1.30. The molecule has 0 radical (unpaired) electrons. The van der Waals surface area contributed by atoms with Gasteiger partial charge in [0.15, 0.2) is 0 Å². The van der Waals surface area contributed by atoms with Crippen LogP contribution in [0.25, 0.3) is 11.1 Å².